The molecule has 0 bridgehead atoms. The van der Waals surface area contributed by atoms with Crippen molar-refractivity contribution in [3.8, 4) is 0 Å². The van der Waals surface area contributed by atoms with Crippen LogP contribution in [0.15, 0.2) is 0 Å². The average Bonchev–Trinajstić information content (AvgIpc) is 3.22. The molecule has 4 heteroatoms. The lowest BCUT2D eigenvalue weighted by atomic mass is 9.71. The molecule has 3 fully saturated rings. The lowest BCUT2D eigenvalue weighted by Crippen LogP contribution is -2.48. The van der Waals surface area contributed by atoms with E-state index in [1.165, 1.54) is 19.3 Å². The second-order valence-electron chi connectivity index (χ2n) is 7.44. The highest BCUT2D eigenvalue weighted by molar-refractivity contribution is 5.83. The molecule has 1 saturated heterocycles. The highest BCUT2D eigenvalue weighted by atomic mass is 16.4. The molecule has 1 atom stereocenters. The first kappa shape index (κ1) is 14.9. The number of carboxylic acid groups (broad SMARTS) is 1. The van der Waals surface area contributed by atoms with Crippen LogP contribution in [0, 0.1) is 16.7 Å². The number of carbonyl (C=O) groups excluding carboxylic acids is 1. The maximum Gasteiger partial charge on any atom is 0.307 e. The number of hydrogen-bond donors (Lipinski definition) is 1. The highest BCUT2D eigenvalue weighted by Gasteiger charge is 2.59. The van der Waals surface area contributed by atoms with Crippen molar-refractivity contribution in [3.05, 3.63) is 0 Å². The molecular formula is C17H27NO3. The van der Waals surface area contributed by atoms with Crippen LogP contribution >= 0.6 is 0 Å². The lowest BCUT2D eigenvalue weighted by molar-refractivity contribution is -0.146. The van der Waals surface area contributed by atoms with Gasteiger partial charge >= 0.3 is 5.97 Å². The molecule has 1 N–H and O–H groups in total. The molecule has 3 rings (SSSR count). The summed E-state index contributed by atoms with van der Waals surface area (Å²) in [5.41, 5.74) is -0.0902. The van der Waals surface area contributed by atoms with E-state index in [9.17, 15) is 9.59 Å². The molecule has 0 radical (unpaired) electrons. The van der Waals surface area contributed by atoms with Gasteiger partial charge in [-0.25, -0.2) is 0 Å². The normalized spacial score (nSPS) is 30.1. The van der Waals surface area contributed by atoms with Crippen LogP contribution in [0.4, 0.5) is 0 Å². The topological polar surface area (TPSA) is 57.6 Å². The zero-order chi connectivity index (χ0) is 15.1. The van der Waals surface area contributed by atoms with Crippen molar-refractivity contribution < 1.29 is 14.7 Å². The zero-order valence-electron chi connectivity index (χ0n) is 13.1. The van der Waals surface area contributed by atoms with E-state index in [0.717, 1.165) is 51.6 Å². The van der Waals surface area contributed by atoms with Gasteiger partial charge in [0.05, 0.1) is 5.92 Å². The Morgan fingerprint density at radius 2 is 1.71 bits per heavy atom. The number of likely N-dealkylation sites (tertiary alicyclic amines) is 1. The number of piperidine rings is 1. The summed E-state index contributed by atoms with van der Waals surface area (Å²) < 4.78 is 0. The minimum absolute atomic E-state index is 0.0224. The van der Waals surface area contributed by atoms with Gasteiger partial charge in [0.2, 0.25) is 5.91 Å². The van der Waals surface area contributed by atoms with E-state index < -0.39 is 5.97 Å². The number of carbonyl (C=O) groups is 2. The van der Waals surface area contributed by atoms with Gasteiger partial charge < -0.3 is 10.0 Å². The van der Waals surface area contributed by atoms with Gasteiger partial charge in [-0.15, -0.1) is 0 Å². The van der Waals surface area contributed by atoms with Crippen LogP contribution in [0.5, 0.6) is 0 Å². The zero-order valence-corrected chi connectivity index (χ0v) is 13.1. The monoisotopic (exact) mass is 293 g/mol. The molecule has 1 aliphatic heterocycles. The molecule has 3 aliphatic rings. The first-order valence-corrected chi connectivity index (χ1v) is 8.55. The number of aliphatic carboxylic acids is 1. The highest BCUT2D eigenvalue weighted by Crippen LogP contribution is 2.59. The Hall–Kier alpha value is -1.06. The third-order valence-corrected chi connectivity index (χ3v) is 6.48. The summed E-state index contributed by atoms with van der Waals surface area (Å²) in [5, 5.41) is 9.15. The lowest BCUT2D eigenvalue weighted by Gasteiger charge is -2.42. The third-order valence-electron chi connectivity index (χ3n) is 6.48. The number of hydrogen-bond acceptors (Lipinski definition) is 2. The predicted molar refractivity (Wildman–Crippen MR) is 79.8 cm³/mol. The Balaban J connectivity index is 1.61. The Kier molecular flexibility index (Phi) is 3.74. The average molecular weight is 293 g/mol. The standard InChI is InChI=1S/C17H27NO3/c1-2-16(6-4-3-5-7-16)15(21)18-10-8-17(9-11-18)12-13(17)14(19)20/h13H,2-12H2,1H3,(H,19,20). The predicted octanol–water partition coefficient (Wildman–Crippen LogP) is 3.06. The fraction of sp³-hybridized carbons (Fsp3) is 0.882. The van der Waals surface area contributed by atoms with E-state index in [0.29, 0.717) is 5.91 Å². The van der Waals surface area contributed by atoms with Crippen LogP contribution in [0.3, 0.4) is 0 Å². The first-order valence-electron chi connectivity index (χ1n) is 8.55. The molecule has 21 heavy (non-hydrogen) atoms. The second-order valence-corrected chi connectivity index (χ2v) is 7.44. The molecule has 1 unspecified atom stereocenters. The molecule has 1 heterocycles. The maximum absolute atomic E-state index is 13.0. The molecule has 118 valence electrons. The summed E-state index contributed by atoms with van der Waals surface area (Å²) in [7, 11) is 0. The number of amides is 1. The summed E-state index contributed by atoms with van der Waals surface area (Å²) in [6.45, 7) is 3.69. The Bertz CT molecular complexity index is 431. The van der Waals surface area contributed by atoms with Crippen LogP contribution in [-0.4, -0.2) is 35.0 Å². The van der Waals surface area contributed by atoms with Gasteiger partial charge in [-0.1, -0.05) is 26.2 Å². The largest absolute Gasteiger partial charge is 0.481 e. The van der Waals surface area contributed by atoms with E-state index in [4.69, 9.17) is 5.11 Å². The van der Waals surface area contributed by atoms with Crippen LogP contribution in [0.25, 0.3) is 0 Å². The van der Waals surface area contributed by atoms with E-state index in [1.807, 2.05) is 4.90 Å². The third kappa shape index (κ3) is 2.47. The number of nitrogens with zero attached hydrogens (tertiary/aromatic N) is 1. The minimum Gasteiger partial charge on any atom is -0.481 e. The minimum atomic E-state index is -0.646. The van der Waals surface area contributed by atoms with Crippen molar-refractivity contribution in [2.24, 2.45) is 16.7 Å². The smallest absolute Gasteiger partial charge is 0.307 e. The quantitative estimate of drug-likeness (QED) is 0.870. The fourth-order valence-corrected chi connectivity index (χ4v) is 4.69. The van der Waals surface area contributed by atoms with Gasteiger partial charge in [0.25, 0.3) is 0 Å². The van der Waals surface area contributed by atoms with E-state index in [-0.39, 0.29) is 16.7 Å². The van der Waals surface area contributed by atoms with Crippen LogP contribution in [0.1, 0.15) is 64.7 Å². The van der Waals surface area contributed by atoms with Gasteiger partial charge in [-0.3, -0.25) is 9.59 Å². The Labute approximate surface area is 126 Å². The van der Waals surface area contributed by atoms with Crippen molar-refractivity contribution in [3.63, 3.8) is 0 Å². The van der Waals surface area contributed by atoms with Crippen molar-refractivity contribution in [1.82, 2.24) is 4.90 Å². The first-order chi connectivity index (χ1) is 10.0. The van der Waals surface area contributed by atoms with Gasteiger partial charge in [0.15, 0.2) is 0 Å². The molecule has 0 aromatic heterocycles. The molecule has 1 amide bonds. The van der Waals surface area contributed by atoms with Crippen LogP contribution in [-0.2, 0) is 9.59 Å². The fourth-order valence-electron chi connectivity index (χ4n) is 4.69. The second kappa shape index (κ2) is 5.29. The molecule has 1 spiro atoms. The SMILES string of the molecule is CCC1(C(=O)N2CCC3(CC2)CC3C(=O)O)CCCCC1. The molecule has 0 aromatic carbocycles. The van der Waals surface area contributed by atoms with Crippen LogP contribution < -0.4 is 0 Å². The maximum atomic E-state index is 13.0. The Morgan fingerprint density at radius 3 is 2.19 bits per heavy atom. The van der Waals surface area contributed by atoms with Crippen LogP contribution in [0.2, 0.25) is 0 Å². The van der Waals surface area contributed by atoms with Crippen molar-refractivity contribution in [2.75, 3.05) is 13.1 Å². The summed E-state index contributed by atoms with van der Waals surface area (Å²) in [6.07, 6.45) is 9.25. The van der Waals surface area contributed by atoms with Gasteiger partial charge in [-0.05, 0) is 43.9 Å². The van der Waals surface area contributed by atoms with E-state index in [2.05, 4.69) is 6.92 Å². The van der Waals surface area contributed by atoms with E-state index in [1.54, 1.807) is 0 Å². The van der Waals surface area contributed by atoms with Crippen molar-refractivity contribution >= 4 is 11.9 Å². The summed E-state index contributed by atoms with van der Waals surface area (Å²) >= 11 is 0. The van der Waals surface area contributed by atoms with Gasteiger partial charge in [-0.2, -0.15) is 0 Å². The number of rotatable bonds is 3. The van der Waals surface area contributed by atoms with Gasteiger partial charge in [0.1, 0.15) is 0 Å². The molecule has 0 aromatic rings. The van der Waals surface area contributed by atoms with E-state index >= 15 is 0 Å². The Morgan fingerprint density at radius 1 is 1.10 bits per heavy atom. The molecule has 4 nitrogen and oxygen atoms in total. The summed E-state index contributed by atoms with van der Waals surface area (Å²) in [6, 6.07) is 0. The van der Waals surface area contributed by atoms with Crippen molar-refractivity contribution in [2.45, 2.75) is 64.7 Å². The summed E-state index contributed by atoms with van der Waals surface area (Å²) in [5.74, 6) is -0.441. The van der Waals surface area contributed by atoms with Gasteiger partial charge in [0, 0.05) is 18.5 Å². The molecule has 2 saturated carbocycles. The molecular weight excluding hydrogens is 266 g/mol. The summed E-state index contributed by atoms with van der Waals surface area (Å²) in [4.78, 5) is 26.1. The number of carboxylic acids is 1. The van der Waals surface area contributed by atoms with Crippen molar-refractivity contribution in [1.29, 1.82) is 0 Å². The molecule has 2 aliphatic carbocycles.